The Morgan fingerprint density at radius 1 is 1.64 bits per heavy atom. The van der Waals surface area contributed by atoms with E-state index in [1.165, 1.54) is 0 Å². The molecule has 0 aliphatic carbocycles. The maximum absolute atomic E-state index is 10.4. The topological polar surface area (TPSA) is 49.8 Å². The molecule has 0 aromatic rings. The third-order valence-corrected chi connectivity index (χ3v) is 2.58. The lowest BCUT2D eigenvalue weighted by Gasteiger charge is -2.35. The van der Waals surface area contributed by atoms with Crippen LogP contribution >= 0.6 is 0 Å². The predicted molar refractivity (Wildman–Crippen MR) is 53.3 cm³/mol. The Kier molecular flexibility index (Phi) is 4.35. The van der Waals surface area contributed by atoms with Crippen LogP contribution in [-0.4, -0.2) is 47.8 Å². The van der Waals surface area contributed by atoms with Gasteiger partial charge in [0.05, 0.1) is 12.7 Å². The van der Waals surface area contributed by atoms with Crippen molar-refractivity contribution < 1.29 is 14.6 Å². The summed E-state index contributed by atoms with van der Waals surface area (Å²) >= 11 is 0. The van der Waals surface area contributed by atoms with Crippen LogP contribution in [0.4, 0.5) is 0 Å². The molecular formula is C10H19NO3. The fraction of sp³-hybridized carbons (Fsp3) is 0.900. The number of hydrogen-bond acceptors (Lipinski definition) is 3. The smallest absolute Gasteiger partial charge is 0.303 e. The Hall–Kier alpha value is -0.610. The van der Waals surface area contributed by atoms with Gasteiger partial charge in [0.25, 0.3) is 0 Å². The number of aliphatic carboxylic acids is 1. The first kappa shape index (κ1) is 11.5. The molecule has 1 atom stereocenters. The number of hydrogen-bond donors (Lipinski definition) is 1. The maximum Gasteiger partial charge on any atom is 0.303 e. The molecule has 0 unspecified atom stereocenters. The van der Waals surface area contributed by atoms with E-state index in [-0.39, 0.29) is 12.5 Å². The van der Waals surface area contributed by atoms with E-state index in [9.17, 15) is 4.79 Å². The molecule has 1 saturated heterocycles. The Balaban J connectivity index is 2.29. The van der Waals surface area contributed by atoms with Gasteiger partial charge in [-0.05, 0) is 20.3 Å². The first-order valence-electron chi connectivity index (χ1n) is 5.17. The number of rotatable bonds is 4. The second kappa shape index (κ2) is 5.32. The van der Waals surface area contributed by atoms with Crippen molar-refractivity contribution in [3.8, 4) is 0 Å². The van der Waals surface area contributed by atoms with Crippen molar-refractivity contribution in [2.45, 2.75) is 38.8 Å². The maximum atomic E-state index is 10.4. The van der Waals surface area contributed by atoms with Crippen LogP contribution < -0.4 is 0 Å². The van der Waals surface area contributed by atoms with Gasteiger partial charge in [-0.1, -0.05) is 0 Å². The molecule has 4 nitrogen and oxygen atoms in total. The third kappa shape index (κ3) is 3.64. The second-order valence-corrected chi connectivity index (χ2v) is 4.01. The summed E-state index contributed by atoms with van der Waals surface area (Å²) in [7, 11) is 0. The van der Waals surface area contributed by atoms with Crippen molar-refractivity contribution in [3.63, 3.8) is 0 Å². The fourth-order valence-electron chi connectivity index (χ4n) is 1.67. The van der Waals surface area contributed by atoms with Crippen LogP contribution in [0.1, 0.15) is 26.7 Å². The zero-order valence-electron chi connectivity index (χ0n) is 8.90. The van der Waals surface area contributed by atoms with Gasteiger partial charge in [-0.25, -0.2) is 0 Å². The zero-order valence-corrected chi connectivity index (χ0v) is 8.90. The fourth-order valence-corrected chi connectivity index (χ4v) is 1.67. The van der Waals surface area contributed by atoms with Gasteiger partial charge in [0, 0.05) is 25.6 Å². The molecule has 0 bridgehead atoms. The van der Waals surface area contributed by atoms with E-state index in [4.69, 9.17) is 9.84 Å². The van der Waals surface area contributed by atoms with Crippen LogP contribution in [-0.2, 0) is 9.53 Å². The molecule has 1 rings (SSSR count). The van der Waals surface area contributed by atoms with Crippen molar-refractivity contribution in [3.05, 3.63) is 0 Å². The number of morpholine rings is 1. The number of carboxylic acids is 1. The van der Waals surface area contributed by atoms with Crippen molar-refractivity contribution in [2.75, 3.05) is 19.7 Å². The molecule has 82 valence electrons. The SMILES string of the molecule is CC(C)N1CCO[C@@H](CCC(=O)O)C1. The largest absolute Gasteiger partial charge is 0.481 e. The van der Waals surface area contributed by atoms with E-state index in [2.05, 4.69) is 18.7 Å². The summed E-state index contributed by atoms with van der Waals surface area (Å²) in [6.45, 7) is 6.85. The van der Waals surface area contributed by atoms with Gasteiger partial charge in [-0.2, -0.15) is 0 Å². The highest BCUT2D eigenvalue weighted by Crippen LogP contribution is 2.12. The number of nitrogens with zero attached hydrogens (tertiary/aromatic N) is 1. The molecule has 0 amide bonds. The molecule has 0 radical (unpaired) electrons. The van der Waals surface area contributed by atoms with Crippen LogP contribution in [0.25, 0.3) is 0 Å². The number of ether oxygens (including phenoxy) is 1. The normalized spacial score (nSPS) is 24.1. The standard InChI is InChI=1S/C10H19NO3/c1-8(2)11-5-6-14-9(7-11)3-4-10(12)13/h8-9H,3-7H2,1-2H3,(H,12,13)/t9-/m0/s1. The third-order valence-electron chi connectivity index (χ3n) is 2.58. The molecule has 0 aromatic carbocycles. The Morgan fingerprint density at radius 3 is 2.93 bits per heavy atom. The van der Waals surface area contributed by atoms with Gasteiger partial charge in [0.1, 0.15) is 0 Å². The molecule has 14 heavy (non-hydrogen) atoms. The summed E-state index contributed by atoms with van der Waals surface area (Å²) in [6.07, 6.45) is 0.928. The lowest BCUT2D eigenvalue weighted by molar-refractivity contribution is -0.138. The van der Waals surface area contributed by atoms with E-state index >= 15 is 0 Å². The summed E-state index contributed by atoms with van der Waals surface area (Å²) in [5.74, 6) is -0.740. The predicted octanol–water partition coefficient (Wildman–Crippen LogP) is 0.960. The first-order chi connectivity index (χ1) is 6.59. The molecule has 0 spiro atoms. The average Bonchev–Trinajstić information content (AvgIpc) is 2.15. The molecule has 1 fully saturated rings. The molecule has 4 heteroatoms. The van der Waals surface area contributed by atoms with Crippen LogP contribution in [0.5, 0.6) is 0 Å². The average molecular weight is 201 g/mol. The van der Waals surface area contributed by atoms with Gasteiger partial charge in [0.2, 0.25) is 0 Å². The van der Waals surface area contributed by atoms with E-state index in [0.717, 1.165) is 19.7 Å². The first-order valence-corrected chi connectivity index (χ1v) is 5.17. The molecule has 0 saturated carbocycles. The van der Waals surface area contributed by atoms with Crippen LogP contribution in [0.15, 0.2) is 0 Å². The Morgan fingerprint density at radius 2 is 2.36 bits per heavy atom. The molecule has 1 N–H and O–H groups in total. The Labute approximate surface area is 84.8 Å². The highest BCUT2D eigenvalue weighted by atomic mass is 16.5. The molecular weight excluding hydrogens is 182 g/mol. The van der Waals surface area contributed by atoms with Crippen molar-refractivity contribution in [1.29, 1.82) is 0 Å². The molecule has 1 aliphatic rings. The summed E-state index contributed by atoms with van der Waals surface area (Å²) in [5, 5.41) is 8.55. The Bertz CT molecular complexity index is 194. The highest BCUT2D eigenvalue weighted by molar-refractivity contribution is 5.66. The van der Waals surface area contributed by atoms with E-state index in [0.29, 0.717) is 12.5 Å². The van der Waals surface area contributed by atoms with Gasteiger partial charge >= 0.3 is 5.97 Å². The van der Waals surface area contributed by atoms with E-state index in [1.807, 2.05) is 0 Å². The van der Waals surface area contributed by atoms with Gasteiger partial charge in [0.15, 0.2) is 0 Å². The van der Waals surface area contributed by atoms with Gasteiger partial charge < -0.3 is 9.84 Å². The van der Waals surface area contributed by atoms with Crippen LogP contribution in [0.3, 0.4) is 0 Å². The van der Waals surface area contributed by atoms with Crippen molar-refractivity contribution in [2.24, 2.45) is 0 Å². The van der Waals surface area contributed by atoms with Crippen molar-refractivity contribution >= 4 is 5.97 Å². The van der Waals surface area contributed by atoms with Crippen LogP contribution in [0, 0.1) is 0 Å². The summed E-state index contributed by atoms with van der Waals surface area (Å²) < 4.78 is 5.50. The van der Waals surface area contributed by atoms with Crippen molar-refractivity contribution in [1.82, 2.24) is 4.90 Å². The highest BCUT2D eigenvalue weighted by Gasteiger charge is 2.22. The molecule has 1 aliphatic heterocycles. The van der Waals surface area contributed by atoms with Gasteiger partial charge in [-0.15, -0.1) is 0 Å². The van der Waals surface area contributed by atoms with Gasteiger partial charge in [-0.3, -0.25) is 9.69 Å². The molecule has 0 aromatic heterocycles. The van der Waals surface area contributed by atoms with E-state index in [1.54, 1.807) is 0 Å². The summed E-state index contributed by atoms with van der Waals surface area (Å²) in [5.41, 5.74) is 0. The van der Waals surface area contributed by atoms with Crippen LogP contribution in [0.2, 0.25) is 0 Å². The number of carboxylic acid groups (broad SMARTS) is 1. The minimum Gasteiger partial charge on any atom is -0.481 e. The summed E-state index contributed by atoms with van der Waals surface area (Å²) in [4.78, 5) is 12.7. The minimum atomic E-state index is -0.740. The molecule has 1 heterocycles. The summed E-state index contributed by atoms with van der Waals surface area (Å²) in [6, 6.07) is 0.520. The van der Waals surface area contributed by atoms with E-state index < -0.39 is 5.97 Å². The zero-order chi connectivity index (χ0) is 10.6. The minimum absolute atomic E-state index is 0.0993. The second-order valence-electron chi connectivity index (χ2n) is 4.01. The number of carbonyl (C=O) groups is 1. The quantitative estimate of drug-likeness (QED) is 0.736. The monoisotopic (exact) mass is 201 g/mol. The lowest BCUT2D eigenvalue weighted by atomic mass is 10.1. The lowest BCUT2D eigenvalue weighted by Crippen LogP contribution is -2.45.